The van der Waals surface area contributed by atoms with Crippen LogP contribution in [-0.2, 0) is 14.3 Å². The summed E-state index contributed by atoms with van der Waals surface area (Å²) in [7, 11) is 0. The zero-order chi connectivity index (χ0) is 20.8. The molecule has 9 heteroatoms. The number of urea groups is 1. The number of Topliss-reactive ketones (excluding diaryl/α,β-unsaturated/α-hetero) is 1. The van der Waals surface area contributed by atoms with Crippen molar-refractivity contribution in [2.24, 2.45) is 5.92 Å². The number of carbonyl (C=O) groups excluding carboxylic acids is 3. The third kappa shape index (κ3) is 5.03. The van der Waals surface area contributed by atoms with E-state index in [1.54, 1.807) is 19.1 Å². The van der Waals surface area contributed by atoms with Gasteiger partial charge in [0.25, 0.3) is 0 Å². The smallest absolute Gasteiger partial charge is 0.344 e. The van der Waals surface area contributed by atoms with E-state index < -0.39 is 24.0 Å². The SMILES string of the molecule is C=C1NC(=O)N[C@@H](c2cc(OCC)c(OCC(=O)OCC)cc2Br)[C@@H]1C(C)=O. The lowest BCUT2D eigenvalue weighted by molar-refractivity contribution is -0.145. The molecule has 1 aromatic rings. The number of hydrogen-bond donors (Lipinski definition) is 2. The molecule has 0 saturated carbocycles. The highest BCUT2D eigenvalue weighted by Crippen LogP contribution is 2.40. The van der Waals surface area contributed by atoms with Gasteiger partial charge in [0.2, 0.25) is 0 Å². The van der Waals surface area contributed by atoms with Crippen LogP contribution >= 0.6 is 15.9 Å². The lowest BCUT2D eigenvalue weighted by atomic mass is 9.86. The van der Waals surface area contributed by atoms with Gasteiger partial charge in [0.05, 0.1) is 25.2 Å². The molecule has 0 spiro atoms. The maximum atomic E-state index is 12.2. The summed E-state index contributed by atoms with van der Waals surface area (Å²) in [6, 6.07) is 2.23. The number of amides is 2. The van der Waals surface area contributed by atoms with Gasteiger partial charge in [-0.15, -0.1) is 0 Å². The van der Waals surface area contributed by atoms with E-state index in [1.165, 1.54) is 6.92 Å². The predicted molar refractivity (Wildman–Crippen MR) is 105 cm³/mol. The normalized spacial score (nSPS) is 18.7. The molecule has 1 aliphatic rings. The number of ketones is 1. The first-order valence-corrected chi connectivity index (χ1v) is 9.59. The van der Waals surface area contributed by atoms with E-state index in [4.69, 9.17) is 14.2 Å². The number of nitrogens with one attached hydrogen (secondary N) is 2. The Morgan fingerprint density at radius 3 is 2.46 bits per heavy atom. The first kappa shape index (κ1) is 21.7. The lowest BCUT2D eigenvalue weighted by Crippen LogP contribution is -2.50. The quantitative estimate of drug-likeness (QED) is 0.585. The molecule has 2 atom stereocenters. The molecule has 2 rings (SSSR count). The summed E-state index contributed by atoms with van der Waals surface area (Å²) >= 11 is 3.46. The highest BCUT2D eigenvalue weighted by molar-refractivity contribution is 9.10. The highest BCUT2D eigenvalue weighted by atomic mass is 79.9. The van der Waals surface area contributed by atoms with E-state index in [2.05, 4.69) is 33.1 Å². The van der Waals surface area contributed by atoms with Gasteiger partial charge in [0, 0.05) is 10.2 Å². The Morgan fingerprint density at radius 1 is 1.18 bits per heavy atom. The van der Waals surface area contributed by atoms with Crippen LogP contribution in [-0.4, -0.2) is 37.6 Å². The topological polar surface area (TPSA) is 103 Å². The van der Waals surface area contributed by atoms with Gasteiger partial charge in [0.1, 0.15) is 5.78 Å². The predicted octanol–water partition coefficient (Wildman–Crippen LogP) is 2.86. The van der Waals surface area contributed by atoms with Crippen molar-refractivity contribution < 1.29 is 28.6 Å². The second-order valence-corrected chi connectivity index (χ2v) is 6.89. The molecule has 2 N–H and O–H groups in total. The Labute approximate surface area is 171 Å². The van der Waals surface area contributed by atoms with E-state index in [-0.39, 0.29) is 19.0 Å². The van der Waals surface area contributed by atoms with Crippen molar-refractivity contribution in [1.82, 2.24) is 10.6 Å². The molecule has 2 amide bonds. The summed E-state index contributed by atoms with van der Waals surface area (Å²) in [5, 5.41) is 5.30. The Bertz CT molecular complexity index is 795. The van der Waals surface area contributed by atoms with Crippen molar-refractivity contribution in [1.29, 1.82) is 0 Å². The molecule has 1 aliphatic heterocycles. The average Bonchev–Trinajstić information content (AvgIpc) is 2.60. The van der Waals surface area contributed by atoms with Crippen LogP contribution < -0.4 is 20.1 Å². The second kappa shape index (κ2) is 9.59. The fourth-order valence-corrected chi connectivity index (χ4v) is 3.50. The Kier molecular flexibility index (Phi) is 7.45. The first-order chi connectivity index (χ1) is 13.3. The van der Waals surface area contributed by atoms with Crippen LogP contribution in [0.3, 0.4) is 0 Å². The molecule has 1 heterocycles. The van der Waals surface area contributed by atoms with Gasteiger partial charge in [-0.1, -0.05) is 22.5 Å². The minimum Gasteiger partial charge on any atom is -0.490 e. The van der Waals surface area contributed by atoms with E-state index >= 15 is 0 Å². The van der Waals surface area contributed by atoms with Crippen LogP contribution in [0.15, 0.2) is 28.9 Å². The third-order valence-corrected chi connectivity index (χ3v) is 4.74. The van der Waals surface area contributed by atoms with Crippen molar-refractivity contribution in [3.8, 4) is 11.5 Å². The zero-order valence-electron chi connectivity index (χ0n) is 16.0. The summed E-state index contributed by atoms with van der Waals surface area (Å²) in [6.07, 6.45) is 0. The molecule has 0 radical (unpaired) electrons. The molecule has 1 fully saturated rings. The van der Waals surface area contributed by atoms with Gasteiger partial charge in [-0.3, -0.25) is 4.79 Å². The van der Waals surface area contributed by atoms with Crippen molar-refractivity contribution in [3.63, 3.8) is 0 Å². The summed E-state index contributed by atoms with van der Waals surface area (Å²) in [6.45, 7) is 9.11. The standard InChI is InChI=1S/C19H23BrN2O6/c1-5-26-14-7-12(13(20)8-15(14)28-9-16(24)27-6-2)18-17(11(4)23)10(3)21-19(25)22-18/h7-8,17-18H,3,5-6,9H2,1-2,4H3,(H2,21,22,25)/t17-,18-/m0/s1. The van der Waals surface area contributed by atoms with Gasteiger partial charge in [-0.05, 0) is 38.5 Å². The number of hydrogen-bond acceptors (Lipinski definition) is 6. The van der Waals surface area contributed by atoms with E-state index in [9.17, 15) is 14.4 Å². The van der Waals surface area contributed by atoms with Crippen molar-refractivity contribution in [3.05, 3.63) is 34.4 Å². The van der Waals surface area contributed by atoms with Crippen LogP contribution in [0, 0.1) is 5.92 Å². The molecule has 28 heavy (non-hydrogen) atoms. The maximum Gasteiger partial charge on any atom is 0.344 e. The largest absolute Gasteiger partial charge is 0.490 e. The van der Waals surface area contributed by atoms with Crippen molar-refractivity contribution in [2.75, 3.05) is 19.8 Å². The lowest BCUT2D eigenvalue weighted by Gasteiger charge is -2.34. The molecular formula is C19H23BrN2O6. The van der Waals surface area contributed by atoms with E-state index in [0.29, 0.717) is 33.8 Å². The minimum absolute atomic E-state index is 0.144. The van der Waals surface area contributed by atoms with E-state index in [0.717, 1.165) is 0 Å². The Morgan fingerprint density at radius 2 is 1.86 bits per heavy atom. The number of ether oxygens (including phenoxy) is 3. The molecule has 0 aromatic heterocycles. The van der Waals surface area contributed by atoms with Crippen LogP contribution in [0.25, 0.3) is 0 Å². The fourth-order valence-electron chi connectivity index (χ4n) is 2.93. The van der Waals surface area contributed by atoms with Gasteiger partial charge < -0.3 is 24.8 Å². The van der Waals surface area contributed by atoms with E-state index in [1.807, 2.05) is 6.92 Å². The molecule has 1 aromatic carbocycles. The van der Waals surface area contributed by atoms with Gasteiger partial charge >= 0.3 is 12.0 Å². The van der Waals surface area contributed by atoms with Crippen LogP contribution in [0.1, 0.15) is 32.4 Å². The zero-order valence-corrected chi connectivity index (χ0v) is 17.6. The van der Waals surface area contributed by atoms with Crippen LogP contribution in [0.5, 0.6) is 11.5 Å². The number of halogens is 1. The Balaban J connectivity index is 2.40. The summed E-state index contributed by atoms with van der Waals surface area (Å²) < 4.78 is 16.6. The van der Waals surface area contributed by atoms with Gasteiger partial charge in [-0.2, -0.15) is 0 Å². The Hall–Kier alpha value is -2.55. The average molecular weight is 455 g/mol. The first-order valence-electron chi connectivity index (χ1n) is 8.79. The number of rotatable bonds is 8. The molecular weight excluding hydrogens is 432 g/mol. The molecule has 0 unspecified atom stereocenters. The molecule has 152 valence electrons. The molecule has 8 nitrogen and oxygen atoms in total. The molecule has 1 saturated heterocycles. The van der Waals surface area contributed by atoms with Crippen LogP contribution in [0.2, 0.25) is 0 Å². The second-order valence-electron chi connectivity index (χ2n) is 6.04. The fraction of sp³-hybridized carbons (Fsp3) is 0.421. The monoisotopic (exact) mass is 454 g/mol. The van der Waals surface area contributed by atoms with Gasteiger partial charge in [-0.25, -0.2) is 9.59 Å². The van der Waals surface area contributed by atoms with Crippen molar-refractivity contribution in [2.45, 2.75) is 26.8 Å². The number of benzene rings is 1. The number of esters is 1. The van der Waals surface area contributed by atoms with Crippen molar-refractivity contribution >= 4 is 33.7 Å². The summed E-state index contributed by atoms with van der Waals surface area (Å²) in [5.41, 5.74) is 0.955. The third-order valence-electron chi connectivity index (χ3n) is 4.06. The molecule has 0 aliphatic carbocycles. The maximum absolute atomic E-state index is 12.2. The molecule has 0 bridgehead atoms. The van der Waals surface area contributed by atoms with Crippen LogP contribution in [0.4, 0.5) is 4.79 Å². The summed E-state index contributed by atoms with van der Waals surface area (Å²) in [5.74, 6) is -0.567. The highest BCUT2D eigenvalue weighted by Gasteiger charge is 2.37. The number of carbonyl (C=O) groups is 3. The van der Waals surface area contributed by atoms with Gasteiger partial charge in [0.15, 0.2) is 18.1 Å². The minimum atomic E-state index is -0.644. The summed E-state index contributed by atoms with van der Waals surface area (Å²) in [4.78, 5) is 35.7.